The molecule has 0 aromatic heterocycles. The van der Waals surface area contributed by atoms with Crippen LogP contribution in [0.25, 0.3) is 0 Å². The predicted molar refractivity (Wildman–Crippen MR) is 81.1 cm³/mol. The van der Waals surface area contributed by atoms with Gasteiger partial charge in [0.15, 0.2) is 0 Å². The van der Waals surface area contributed by atoms with Crippen molar-refractivity contribution in [3.8, 4) is 5.75 Å². The molecule has 0 spiro atoms. The second-order valence-corrected chi connectivity index (χ2v) is 5.53. The molecule has 2 aromatic carbocycles. The van der Waals surface area contributed by atoms with Gasteiger partial charge >= 0.3 is 5.97 Å². The van der Waals surface area contributed by atoms with Crippen LogP contribution < -0.4 is 4.74 Å². The van der Waals surface area contributed by atoms with E-state index in [0.29, 0.717) is 11.3 Å². The third-order valence-corrected chi connectivity index (χ3v) is 3.45. The number of ether oxygens (including phenoxy) is 1. The van der Waals surface area contributed by atoms with E-state index in [1.807, 2.05) is 32.0 Å². The lowest BCUT2D eigenvalue weighted by molar-refractivity contribution is -0.145. The number of hydrogen-bond donors (Lipinski definition) is 1. The summed E-state index contributed by atoms with van der Waals surface area (Å²) in [6.45, 7) is 3.80. The molecule has 2 aromatic rings. The molecule has 4 heteroatoms. The Labute approximate surface area is 126 Å². The largest absolute Gasteiger partial charge is 0.478 e. The number of benzene rings is 2. The van der Waals surface area contributed by atoms with Gasteiger partial charge in [0.2, 0.25) is 6.10 Å². The van der Waals surface area contributed by atoms with Crippen molar-refractivity contribution in [2.24, 2.45) is 0 Å². The van der Waals surface area contributed by atoms with Crippen LogP contribution in [0.1, 0.15) is 22.8 Å². The minimum absolute atomic E-state index is 0.615. The molecule has 1 atom stereocenters. The van der Waals surface area contributed by atoms with Crippen molar-refractivity contribution < 1.29 is 14.6 Å². The quantitative estimate of drug-likeness (QED) is 0.908. The van der Waals surface area contributed by atoms with Gasteiger partial charge in [-0.2, -0.15) is 0 Å². The van der Waals surface area contributed by atoms with Crippen LogP contribution in [-0.2, 0) is 4.79 Å². The zero-order valence-electron chi connectivity index (χ0n) is 11.3. The lowest BCUT2D eigenvalue weighted by Gasteiger charge is -2.19. The monoisotopic (exact) mass is 334 g/mol. The fraction of sp³-hybridized carbons (Fsp3) is 0.188. The highest BCUT2D eigenvalue weighted by Crippen LogP contribution is 2.31. The molecule has 0 saturated carbocycles. The van der Waals surface area contributed by atoms with Crippen LogP contribution in [0.15, 0.2) is 46.9 Å². The van der Waals surface area contributed by atoms with Crippen molar-refractivity contribution >= 4 is 21.9 Å². The molecule has 3 nitrogen and oxygen atoms in total. The first-order chi connectivity index (χ1) is 9.49. The van der Waals surface area contributed by atoms with E-state index in [2.05, 4.69) is 15.9 Å². The van der Waals surface area contributed by atoms with Crippen LogP contribution in [-0.4, -0.2) is 11.1 Å². The fourth-order valence-electron chi connectivity index (χ4n) is 2.09. The highest BCUT2D eigenvalue weighted by molar-refractivity contribution is 9.10. The van der Waals surface area contributed by atoms with Gasteiger partial charge in [-0.15, -0.1) is 0 Å². The molecular weight excluding hydrogens is 320 g/mol. The second kappa shape index (κ2) is 6.09. The van der Waals surface area contributed by atoms with Crippen LogP contribution in [0.4, 0.5) is 0 Å². The van der Waals surface area contributed by atoms with E-state index in [1.165, 1.54) is 0 Å². The summed E-state index contributed by atoms with van der Waals surface area (Å²) in [6.07, 6.45) is -1.00. The van der Waals surface area contributed by atoms with Crippen molar-refractivity contribution in [3.63, 3.8) is 0 Å². The molecule has 0 aliphatic rings. The van der Waals surface area contributed by atoms with E-state index in [9.17, 15) is 9.90 Å². The summed E-state index contributed by atoms with van der Waals surface area (Å²) in [5, 5.41) is 9.39. The third kappa shape index (κ3) is 3.20. The topological polar surface area (TPSA) is 46.5 Å². The van der Waals surface area contributed by atoms with Crippen molar-refractivity contribution in [1.82, 2.24) is 0 Å². The zero-order valence-corrected chi connectivity index (χ0v) is 12.8. The number of rotatable bonds is 4. The van der Waals surface area contributed by atoms with E-state index >= 15 is 0 Å². The molecule has 0 radical (unpaired) electrons. The molecule has 0 fully saturated rings. The molecule has 0 bridgehead atoms. The number of carboxylic acid groups (broad SMARTS) is 1. The van der Waals surface area contributed by atoms with Crippen molar-refractivity contribution in [2.45, 2.75) is 20.0 Å². The highest BCUT2D eigenvalue weighted by atomic mass is 79.9. The molecule has 0 saturated heterocycles. The molecule has 2 rings (SSSR count). The first-order valence-corrected chi connectivity index (χ1v) is 6.99. The summed E-state index contributed by atoms with van der Waals surface area (Å²) in [7, 11) is 0. The maximum atomic E-state index is 11.5. The normalized spacial score (nSPS) is 11.9. The lowest BCUT2D eigenvalue weighted by Crippen LogP contribution is -2.19. The summed E-state index contributed by atoms with van der Waals surface area (Å²) in [5.41, 5.74) is 2.43. The zero-order chi connectivity index (χ0) is 14.7. The van der Waals surface area contributed by atoms with Crippen molar-refractivity contribution in [1.29, 1.82) is 0 Å². The SMILES string of the molecule is Cc1cc(Br)cc(C)c1OC(C(=O)O)c1ccccc1. The standard InChI is InChI=1S/C16H15BrO3/c1-10-8-13(17)9-11(2)14(10)20-15(16(18)19)12-6-4-3-5-7-12/h3-9,15H,1-2H3,(H,18,19). The van der Waals surface area contributed by atoms with Crippen LogP contribution in [0.2, 0.25) is 0 Å². The first kappa shape index (κ1) is 14.6. The van der Waals surface area contributed by atoms with E-state index in [-0.39, 0.29) is 0 Å². The second-order valence-electron chi connectivity index (χ2n) is 4.62. The molecule has 0 heterocycles. The molecule has 0 aliphatic carbocycles. The van der Waals surface area contributed by atoms with Gasteiger partial charge in [0.25, 0.3) is 0 Å². The van der Waals surface area contributed by atoms with Gasteiger partial charge in [-0.3, -0.25) is 0 Å². The molecule has 0 aliphatic heterocycles. The molecule has 1 N–H and O–H groups in total. The van der Waals surface area contributed by atoms with Crippen LogP contribution in [0, 0.1) is 13.8 Å². The summed E-state index contributed by atoms with van der Waals surface area (Å²) < 4.78 is 6.71. The van der Waals surface area contributed by atoms with E-state index < -0.39 is 12.1 Å². The Morgan fingerprint density at radius 2 is 1.70 bits per heavy atom. The number of aryl methyl sites for hydroxylation is 2. The number of carboxylic acids is 1. The molecule has 1 unspecified atom stereocenters. The van der Waals surface area contributed by atoms with Gasteiger partial charge in [0.05, 0.1) is 0 Å². The minimum atomic E-state index is -1.00. The van der Waals surface area contributed by atoms with Crippen molar-refractivity contribution in [2.75, 3.05) is 0 Å². The van der Waals surface area contributed by atoms with Crippen LogP contribution in [0.5, 0.6) is 5.75 Å². The Kier molecular flexibility index (Phi) is 4.45. The van der Waals surface area contributed by atoms with Gasteiger partial charge in [-0.25, -0.2) is 4.79 Å². The molecule has 104 valence electrons. The fourth-order valence-corrected chi connectivity index (χ4v) is 2.78. The van der Waals surface area contributed by atoms with E-state index in [4.69, 9.17) is 4.74 Å². The van der Waals surface area contributed by atoms with Crippen molar-refractivity contribution in [3.05, 3.63) is 63.6 Å². The number of aliphatic carboxylic acids is 1. The summed E-state index contributed by atoms with van der Waals surface area (Å²) in [4.78, 5) is 11.5. The smallest absolute Gasteiger partial charge is 0.349 e. The van der Waals surface area contributed by atoms with Gasteiger partial charge in [0.1, 0.15) is 5.75 Å². The average molecular weight is 335 g/mol. The Morgan fingerprint density at radius 1 is 1.15 bits per heavy atom. The third-order valence-electron chi connectivity index (χ3n) is 2.99. The molecule has 0 amide bonds. The number of halogens is 1. The maximum Gasteiger partial charge on any atom is 0.349 e. The van der Waals surface area contributed by atoms with Crippen LogP contribution in [0.3, 0.4) is 0 Å². The summed E-state index contributed by atoms with van der Waals surface area (Å²) in [5.74, 6) is -0.387. The Hall–Kier alpha value is -1.81. The number of carbonyl (C=O) groups is 1. The van der Waals surface area contributed by atoms with Gasteiger partial charge < -0.3 is 9.84 Å². The Bertz CT molecular complexity index is 600. The highest BCUT2D eigenvalue weighted by Gasteiger charge is 2.23. The Balaban J connectivity index is 2.38. The minimum Gasteiger partial charge on any atom is -0.478 e. The predicted octanol–water partition coefficient (Wildman–Crippen LogP) is 4.27. The van der Waals surface area contributed by atoms with Crippen LogP contribution >= 0.6 is 15.9 Å². The summed E-state index contributed by atoms with van der Waals surface area (Å²) >= 11 is 3.42. The molecular formula is C16H15BrO3. The average Bonchev–Trinajstić information content (AvgIpc) is 2.38. The van der Waals surface area contributed by atoms with Gasteiger partial charge in [-0.05, 0) is 37.1 Å². The Morgan fingerprint density at radius 3 is 2.20 bits per heavy atom. The summed E-state index contributed by atoms with van der Waals surface area (Å²) in [6, 6.07) is 12.8. The van der Waals surface area contributed by atoms with E-state index in [0.717, 1.165) is 15.6 Å². The lowest BCUT2D eigenvalue weighted by atomic mass is 10.1. The maximum absolute atomic E-state index is 11.5. The van der Waals surface area contributed by atoms with Gasteiger partial charge in [0, 0.05) is 10.0 Å². The van der Waals surface area contributed by atoms with E-state index in [1.54, 1.807) is 24.3 Å². The molecule has 20 heavy (non-hydrogen) atoms. The number of hydrogen-bond acceptors (Lipinski definition) is 2. The van der Waals surface area contributed by atoms with Gasteiger partial charge in [-0.1, -0.05) is 46.3 Å². The first-order valence-electron chi connectivity index (χ1n) is 6.20.